The van der Waals surface area contributed by atoms with Crippen LogP contribution in [-0.4, -0.2) is 21.3 Å². The molecule has 0 radical (unpaired) electrons. The number of rotatable bonds is 2. The second-order valence-corrected chi connectivity index (χ2v) is 1.89. The first-order chi connectivity index (χ1) is 5.18. The van der Waals surface area contributed by atoms with E-state index in [1.165, 1.54) is 0 Å². The molecular formula is C5H7N3O3. The average Bonchev–Trinajstić information content (AvgIpc) is 2.31. The van der Waals surface area contributed by atoms with Crippen LogP contribution in [0.5, 0.6) is 0 Å². The Hall–Kier alpha value is -1.59. The highest BCUT2D eigenvalue weighted by Gasteiger charge is 2.02. The first kappa shape index (κ1) is 7.52. The summed E-state index contributed by atoms with van der Waals surface area (Å²) < 4.78 is 4.63. The largest absolute Gasteiger partial charge is 0.465 e. The first-order valence-corrected chi connectivity index (χ1v) is 2.94. The number of aryl methyl sites for hydroxylation is 1. The second kappa shape index (κ2) is 3.00. The molecule has 1 rings (SSSR count). The predicted molar refractivity (Wildman–Crippen MR) is 33.9 cm³/mol. The highest BCUT2D eigenvalue weighted by molar-refractivity contribution is 5.64. The highest BCUT2D eigenvalue weighted by Crippen LogP contribution is 1.93. The Bertz CT molecular complexity index is 257. The van der Waals surface area contributed by atoms with Crippen molar-refractivity contribution >= 4 is 6.09 Å². The van der Waals surface area contributed by atoms with E-state index in [9.17, 15) is 4.79 Å². The van der Waals surface area contributed by atoms with E-state index in [1.807, 2.05) is 0 Å². The maximum atomic E-state index is 9.98. The topological polar surface area (TPSA) is 88.2 Å². The zero-order valence-corrected chi connectivity index (χ0v) is 5.87. The van der Waals surface area contributed by atoms with Crippen molar-refractivity contribution in [2.45, 2.75) is 13.5 Å². The molecule has 0 unspecified atom stereocenters. The van der Waals surface area contributed by atoms with Crippen molar-refractivity contribution in [3.8, 4) is 0 Å². The fourth-order valence-electron chi connectivity index (χ4n) is 0.563. The lowest BCUT2D eigenvalue weighted by Gasteiger charge is -1.91. The van der Waals surface area contributed by atoms with E-state index in [1.54, 1.807) is 6.92 Å². The van der Waals surface area contributed by atoms with Gasteiger partial charge in [0, 0.05) is 0 Å². The second-order valence-electron chi connectivity index (χ2n) is 1.89. The van der Waals surface area contributed by atoms with Gasteiger partial charge in [0.2, 0.25) is 5.89 Å². The minimum Gasteiger partial charge on any atom is -0.465 e. The minimum absolute atomic E-state index is 0.0518. The van der Waals surface area contributed by atoms with Crippen LogP contribution in [0.2, 0.25) is 0 Å². The highest BCUT2D eigenvalue weighted by atomic mass is 16.5. The van der Waals surface area contributed by atoms with Gasteiger partial charge < -0.3 is 14.9 Å². The molecule has 1 aromatic heterocycles. The molecule has 6 heteroatoms. The summed E-state index contributed by atoms with van der Waals surface area (Å²) in [6.45, 7) is 1.71. The van der Waals surface area contributed by atoms with Crippen LogP contribution < -0.4 is 5.32 Å². The molecular weight excluding hydrogens is 150 g/mol. The maximum absolute atomic E-state index is 9.98. The van der Waals surface area contributed by atoms with Crippen molar-refractivity contribution in [1.82, 2.24) is 15.5 Å². The standard InChI is InChI=1S/C5H7N3O3/c1-3-7-4(11-8-3)2-6-5(9)10/h6H,2H2,1H3,(H,9,10). The van der Waals surface area contributed by atoms with Crippen LogP contribution in [0, 0.1) is 6.92 Å². The number of nitrogens with zero attached hydrogens (tertiary/aromatic N) is 2. The Labute approximate surface area is 62.2 Å². The Kier molecular flexibility index (Phi) is 2.05. The third-order valence-corrected chi connectivity index (χ3v) is 0.960. The number of aromatic nitrogens is 2. The zero-order chi connectivity index (χ0) is 8.27. The molecule has 0 spiro atoms. The van der Waals surface area contributed by atoms with Gasteiger partial charge in [0.05, 0.1) is 0 Å². The molecule has 0 fully saturated rings. The summed E-state index contributed by atoms with van der Waals surface area (Å²) >= 11 is 0. The number of amides is 1. The molecule has 6 nitrogen and oxygen atoms in total. The summed E-state index contributed by atoms with van der Waals surface area (Å²) in [5.74, 6) is 0.761. The molecule has 0 aliphatic carbocycles. The van der Waals surface area contributed by atoms with Crippen LogP contribution in [0.25, 0.3) is 0 Å². The lowest BCUT2D eigenvalue weighted by Crippen LogP contribution is -2.20. The van der Waals surface area contributed by atoms with Crippen LogP contribution >= 0.6 is 0 Å². The van der Waals surface area contributed by atoms with E-state index in [2.05, 4.69) is 20.0 Å². The molecule has 0 aliphatic heterocycles. The van der Waals surface area contributed by atoms with Crippen molar-refractivity contribution in [2.75, 3.05) is 0 Å². The van der Waals surface area contributed by atoms with Gasteiger partial charge in [-0.05, 0) is 6.92 Å². The van der Waals surface area contributed by atoms with Gasteiger partial charge >= 0.3 is 6.09 Å². The maximum Gasteiger partial charge on any atom is 0.405 e. The fraction of sp³-hybridized carbons (Fsp3) is 0.400. The van der Waals surface area contributed by atoms with Crippen LogP contribution in [-0.2, 0) is 6.54 Å². The molecule has 0 saturated heterocycles. The molecule has 0 aromatic carbocycles. The Morgan fingerprint density at radius 2 is 2.55 bits per heavy atom. The van der Waals surface area contributed by atoms with Gasteiger partial charge in [0.25, 0.3) is 0 Å². The van der Waals surface area contributed by atoms with Crippen LogP contribution in [0.4, 0.5) is 4.79 Å². The van der Waals surface area contributed by atoms with Gasteiger partial charge in [-0.1, -0.05) is 5.16 Å². The van der Waals surface area contributed by atoms with Crippen molar-refractivity contribution in [3.63, 3.8) is 0 Å². The van der Waals surface area contributed by atoms with Crippen molar-refractivity contribution < 1.29 is 14.4 Å². The number of carboxylic acid groups (broad SMARTS) is 1. The summed E-state index contributed by atoms with van der Waals surface area (Å²) in [6.07, 6.45) is -1.11. The van der Waals surface area contributed by atoms with Gasteiger partial charge in [-0.25, -0.2) is 4.79 Å². The number of carbonyl (C=O) groups is 1. The quantitative estimate of drug-likeness (QED) is 0.637. The van der Waals surface area contributed by atoms with E-state index in [-0.39, 0.29) is 12.4 Å². The van der Waals surface area contributed by atoms with E-state index < -0.39 is 6.09 Å². The normalized spacial score (nSPS) is 9.55. The van der Waals surface area contributed by atoms with Gasteiger partial charge in [-0.2, -0.15) is 4.98 Å². The van der Waals surface area contributed by atoms with Crippen LogP contribution in [0.1, 0.15) is 11.7 Å². The van der Waals surface area contributed by atoms with Crippen LogP contribution in [0.3, 0.4) is 0 Å². The summed E-state index contributed by atoms with van der Waals surface area (Å²) in [4.78, 5) is 13.8. The molecule has 1 heterocycles. The van der Waals surface area contributed by atoms with E-state index in [0.717, 1.165) is 0 Å². The summed E-state index contributed by atoms with van der Waals surface area (Å²) in [5.41, 5.74) is 0. The first-order valence-electron chi connectivity index (χ1n) is 2.94. The molecule has 1 amide bonds. The molecule has 60 valence electrons. The van der Waals surface area contributed by atoms with E-state index >= 15 is 0 Å². The summed E-state index contributed by atoms with van der Waals surface area (Å²) in [6, 6.07) is 0. The Morgan fingerprint density at radius 3 is 3.00 bits per heavy atom. The molecule has 2 N–H and O–H groups in total. The Morgan fingerprint density at radius 1 is 1.82 bits per heavy atom. The SMILES string of the molecule is Cc1noc(CNC(=O)O)n1. The van der Waals surface area contributed by atoms with E-state index in [4.69, 9.17) is 5.11 Å². The van der Waals surface area contributed by atoms with Gasteiger partial charge in [0.1, 0.15) is 6.54 Å². The monoisotopic (exact) mass is 157 g/mol. The number of hydrogen-bond donors (Lipinski definition) is 2. The lowest BCUT2D eigenvalue weighted by molar-refractivity contribution is 0.192. The number of nitrogens with one attached hydrogen (secondary N) is 1. The van der Waals surface area contributed by atoms with E-state index in [0.29, 0.717) is 5.82 Å². The molecule has 11 heavy (non-hydrogen) atoms. The zero-order valence-electron chi connectivity index (χ0n) is 5.87. The van der Waals surface area contributed by atoms with Crippen molar-refractivity contribution in [2.24, 2.45) is 0 Å². The predicted octanol–water partition coefficient (Wildman–Crippen LogP) is 0.146. The fourth-order valence-corrected chi connectivity index (χ4v) is 0.563. The third kappa shape index (κ3) is 2.24. The molecule has 0 aliphatic rings. The van der Waals surface area contributed by atoms with Gasteiger partial charge in [-0.3, -0.25) is 0 Å². The van der Waals surface area contributed by atoms with Gasteiger partial charge in [-0.15, -0.1) is 0 Å². The van der Waals surface area contributed by atoms with Crippen molar-refractivity contribution in [3.05, 3.63) is 11.7 Å². The average molecular weight is 157 g/mol. The molecule has 1 aromatic rings. The van der Waals surface area contributed by atoms with Crippen molar-refractivity contribution in [1.29, 1.82) is 0 Å². The number of hydrogen-bond acceptors (Lipinski definition) is 4. The minimum atomic E-state index is -1.11. The third-order valence-electron chi connectivity index (χ3n) is 0.960. The van der Waals surface area contributed by atoms with Gasteiger partial charge in [0.15, 0.2) is 5.82 Å². The molecule has 0 atom stereocenters. The molecule has 0 bridgehead atoms. The Balaban J connectivity index is 2.45. The lowest BCUT2D eigenvalue weighted by atomic mass is 10.6. The van der Waals surface area contributed by atoms with Crippen LogP contribution in [0.15, 0.2) is 4.52 Å². The molecule has 0 saturated carbocycles. The summed E-state index contributed by atoms with van der Waals surface area (Å²) in [5, 5.41) is 13.8. The summed E-state index contributed by atoms with van der Waals surface area (Å²) in [7, 11) is 0. The smallest absolute Gasteiger partial charge is 0.405 e.